The predicted octanol–water partition coefficient (Wildman–Crippen LogP) is 2.01. The second-order valence-electron chi connectivity index (χ2n) is 3.98. The smallest absolute Gasteiger partial charge is 0.178 e. The largest absolute Gasteiger partial charge is 0.374 e. The van der Waals surface area contributed by atoms with Crippen molar-refractivity contribution in [2.24, 2.45) is 0 Å². The van der Waals surface area contributed by atoms with Crippen LogP contribution < -0.4 is 5.32 Å². The topological polar surface area (TPSA) is 29.1 Å². The summed E-state index contributed by atoms with van der Waals surface area (Å²) in [5.74, 6) is -0.0483. The summed E-state index contributed by atoms with van der Waals surface area (Å²) in [4.78, 5) is 11.5. The number of nitrogens with one attached hydrogen (secondary N) is 1. The number of ketones is 1. The Morgan fingerprint density at radius 1 is 1.19 bits per heavy atom. The summed E-state index contributed by atoms with van der Waals surface area (Å²) in [5.41, 5.74) is 2.98. The minimum atomic E-state index is -0.555. The normalized spacial score (nSPS) is 30.8. The number of allylic oxidation sites excluding steroid dienone is 6. The molecule has 3 aliphatic rings. The minimum Gasteiger partial charge on any atom is -0.374 e. The summed E-state index contributed by atoms with van der Waals surface area (Å²) in [6.45, 7) is 0. The van der Waals surface area contributed by atoms with Gasteiger partial charge in [0.05, 0.1) is 6.04 Å². The van der Waals surface area contributed by atoms with E-state index in [1.807, 2.05) is 24.3 Å². The Kier molecular flexibility index (Phi) is 2.11. The fraction of sp³-hybridized carbons (Fsp3) is 0.154. The zero-order valence-corrected chi connectivity index (χ0v) is 9.24. The molecule has 80 valence electrons. The summed E-state index contributed by atoms with van der Waals surface area (Å²) in [6, 6.07) is 0.200. The van der Waals surface area contributed by atoms with E-state index in [4.69, 9.17) is 11.6 Å². The Morgan fingerprint density at radius 2 is 2.06 bits per heavy atom. The first-order valence-electron chi connectivity index (χ1n) is 5.19. The van der Waals surface area contributed by atoms with Gasteiger partial charge in [0.25, 0.3) is 0 Å². The van der Waals surface area contributed by atoms with Gasteiger partial charge in [0.1, 0.15) is 5.38 Å². The molecule has 1 heterocycles. The van der Waals surface area contributed by atoms with E-state index in [1.165, 1.54) is 6.08 Å². The molecular weight excluding hydrogens is 222 g/mol. The summed E-state index contributed by atoms with van der Waals surface area (Å²) < 4.78 is 0. The van der Waals surface area contributed by atoms with Crippen LogP contribution in [-0.2, 0) is 4.79 Å². The number of carbonyl (C=O) groups excluding carboxylic acids is 1. The SMILES string of the molecule is O=C1C=CC2=C(C=C3C=CC=CC3N2)C1Cl. The number of fused-ring (bicyclic) bond motifs is 1. The van der Waals surface area contributed by atoms with E-state index in [9.17, 15) is 4.79 Å². The Labute approximate surface area is 98.7 Å². The van der Waals surface area contributed by atoms with E-state index in [-0.39, 0.29) is 11.8 Å². The third kappa shape index (κ3) is 1.38. The molecule has 2 unspecified atom stereocenters. The van der Waals surface area contributed by atoms with Gasteiger partial charge in [-0.15, -0.1) is 11.6 Å². The maximum absolute atomic E-state index is 11.5. The highest BCUT2D eigenvalue weighted by molar-refractivity contribution is 6.35. The van der Waals surface area contributed by atoms with Gasteiger partial charge >= 0.3 is 0 Å². The lowest BCUT2D eigenvalue weighted by atomic mass is 9.90. The molecule has 2 atom stereocenters. The Hall–Kier alpha value is -1.54. The number of rotatable bonds is 0. The summed E-state index contributed by atoms with van der Waals surface area (Å²) in [5, 5.41) is 2.80. The molecule has 3 heteroatoms. The standard InChI is InChI=1S/C13H10ClNO/c14-13-9-7-8-3-1-2-4-10(8)15-11(9)5-6-12(13)16/h1-7,10,13,15H. The van der Waals surface area contributed by atoms with E-state index in [2.05, 4.69) is 11.4 Å². The quantitative estimate of drug-likeness (QED) is 0.647. The second-order valence-corrected chi connectivity index (χ2v) is 4.41. The predicted molar refractivity (Wildman–Crippen MR) is 64.1 cm³/mol. The van der Waals surface area contributed by atoms with Gasteiger partial charge in [-0.05, 0) is 23.8 Å². The first-order chi connectivity index (χ1) is 7.75. The molecule has 0 saturated carbocycles. The average Bonchev–Trinajstić information content (AvgIpc) is 2.32. The van der Waals surface area contributed by atoms with Gasteiger partial charge in [0.15, 0.2) is 5.78 Å². The van der Waals surface area contributed by atoms with Crippen molar-refractivity contribution in [3.63, 3.8) is 0 Å². The van der Waals surface area contributed by atoms with Crippen molar-refractivity contribution in [1.82, 2.24) is 5.32 Å². The molecule has 0 radical (unpaired) electrons. The molecule has 0 spiro atoms. The lowest BCUT2D eigenvalue weighted by Crippen LogP contribution is -2.36. The van der Waals surface area contributed by atoms with Crippen LogP contribution in [-0.4, -0.2) is 17.2 Å². The molecule has 1 N–H and O–H groups in total. The van der Waals surface area contributed by atoms with Crippen LogP contribution in [0.25, 0.3) is 0 Å². The fourth-order valence-corrected chi connectivity index (χ4v) is 2.34. The van der Waals surface area contributed by atoms with Crippen LogP contribution in [0.15, 0.2) is 59.4 Å². The fourth-order valence-electron chi connectivity index (χ4n) is 2.09. The number of carbonyl (C=O) groups is 1. The third-order valence-electron chi connectivity index (χ3n) is 2.94. The van der Waals surface area contributed by atoms with E-state index in [1.54, 1.807) is 6.08 Å². The lowest BCUT2D eigenvalue weighted by molar-refractivity contribution is -0.113. The molecule has 0 aromatic heterocycles. The number of dihydropyridines is 1. The monoisotopic (exact) mass is 231 g/mol. The Bertz CT molecular complexity index is 508. The number of halogens is 1. The van der Waals surface area contributed by atoms with Crippen molar-refractivity contribution in [2.45, 2.75) is 11.4 Å². The molecule has 0 amide bonds. The third-order valence-corrected chi connectivity index (χ3v) is 3.39. The molecule has 0 bridgehead atoms. The van der Waals surface area contributed by atoms with Gasteiger partial charge in [-0.25, -0.2) is 0 Å². The highest BCUT2D eigenvalue weighted by Crippen LogP contribution is 2.29. The molecule has 2 aliphatic carbocycles. The van der Waals surface area contributed by atoms with Crippen molar-refractivity contribution in [3.05, 3.63) is 59.4 Å². The molecule has 0 fully saturated rings. The van der Waals surface area contributed by atoms with Crippen molar-refractivity contribution in [2.75, 3.05) is 0 Å². The minimum absolute atomic E-state index is 0.0483. The molecular formula is C13H10ClNO. The Balaban J connectivity index is 2.06. The van der Waals surface area contributed by atoms with Gasteiger partial charge in [0, 0.05) is 11.3 Å². The average molecular weight is 232 g/mol. The summed E-state index contributed by atoms with van der Waals surface area (Å²) in [6.07, 6.45) is 13.5. The Morgan fingerprint density at radius 3 is 2.94 bits per heavy atom. The molecule has 2 nitrogen and oxygen atoms in total. The van der Waals surface area contributed by atoms with Crippen LogP contribution in [0.4, 0.5) is 0 Å². The first-order valence-corrected chi connectivity index (χ1v) is 5.62. The summed E-state index contributed by atoms with van der Waals surface area (Å²) >= 11 is 6.09. The van der Waals surface area contributed by atoms with Crippen LogP contribution in [0.3, 0.4) is 0 Å². The maximum atomic E-state index is 11.5. The highest BCUT2D eigenvalue weighted by Gasteiger charge is 2.28. The molecule has 3 rings (SSSR count). The van der Waals surface area contributed by atoms with Crippen LogP contribution >= 0.6 is 11.6 Å². The lowest BCUT2D eigenvalue weighted by Gasteiger charge is -2.30. The molecule has 1 aliphatic heterocycles. The number of hydrogen-bond acceptors (Lipinski definition) is 2. The highest BCUT2D eigenvalue weighted by atomic mass is 35.5. The van der Waals surface area contributed by atoms with Crippen molar-refractivity contribution in [3.8, 4) is 0 Å². The van der Waals surface area contributed by atoms with E-state index < -0.39 is 5.38 Å². The molecule has 0 aromatic carbocycles. The van der Waals surface area contributed by atoms with Crippen LogP contribution in [0.1, 0.15) is 0 Å². The van der Waals surface area contributed by atoms with Crippen LogP contribution in [0.5, 0.6) is 0 Å². The zero-order valence-electron chi connectivity index (χ0n) is 8.48. The van der Waals surface area contributed by atoms with E-state index >= 15 is 0 Å². The van der Waals surface area contributed by atoms with Gasteiger partial charge in [-0.3, -0.25) is 4.79 Å². The van der Waals surface area contributed by atoms with Gasteiger partial charge in [-0.1, -0.05) is 24.3 Å². The van der Waals surface area contributed by atoms with E-state index in [0.29, 0.717) is 0 Å². The van der Waals surface area contributed by atoms with Gasteiger partial charge < -0.3 is 5.32 Å². The zero-order chi connectivity index (χ0) is 11.1. The van der Waals surface area contributed by atoms with Crippen LogP contribution in [0.2, 0.25) is 0 Å². The summed E-state index contributed by atoms with van der Waals surface area (Å²) in [7, 11) is 0. The first kappa shape index (κ1) is 9.67. The van der Waals surface area contributed by atoms with Crippen LogP contribution in [0, 0.1) is 0 Å². The molecule has 0 saturated heterocycles. The van der Waals surface area contributed by atoms with Crippen molar-refractivity contribution in [1.29, 1.82) is 0 Å². The van der Waals surface area contributed by atoms with E-state index in [0.717, 1.165) is 16.8 Å². The maximum Gasteiger partial charge on any atom is 0.178 e. The molecule has 16 heavy (non-hydrogen) atoms. The van der Waals surface area contributed by atoms with Gasteiger partial charge in [0.2, 0.25) is 0 Å². The second kappa shape index (κ2) is 3.49. The number of alkyl halides is 1. The molecule has 0 aromatic rings. The van der Waals surface area contributed by atoms with Crippen molar-refractivity contribution >= 4 is 17.4 Å². The van der Waals surface area contributed by atoms with Gasteiger partial charge in [-0.2, -0.15) is 0 Å². The van der Waals surface area contributed by atoms with Crippen molar-refractivity contribution < 1.29 is 4.79 Å². The number of hydrogen-bond donors (Lipinski definition) is 1.